The minimum atomic E-state index is -1.11. The van der Waals surface area contributed by atoms with Crippen LogP contribution in [0.15, 0.2) is 12.1 Å². The van der Waals surface area contributed by atoms with E-state index in [1.807, 2.05) is 0 Å². The minimum absolute atomic E-state index is 0. The number of benzene rings is 1. The van der Waals surface area contributed by atoms with Gasteiger partial charge in [-0.25, -0.2) is 0 Å². The van der Waals surface area contributed by atoms with Crippen LogP contribution in [0.3, 0.4) is 0 Å². The molecule has 240 valence electrons. The second-order valence-corrected chi connectivity index (χ2v) is 24.3. The number of hydrogen-bond donors (Lipinski definition) is 0. The van der Waals surface area contributed by atoms with Gasteiger partial charge in [-0.05, 0) is 27.5 Å². The van der Waals surface area contributed by atoms with Crippen molar-refractivity contribution < 1.29 is 26.9 Å². The molecule has 2 rings (SSSR count). The van der Waals surface area contributed by atoms with Crippen LogP contribution in [0.2, 0.25) is 39.3 Å². The third kappa shape index (κ3) is 19.1. The SMILES string of the molecule is CC(C)(C)c1cc(CN2CCOCCOCCOCCOCC2)c([O-])c(C(C)(C)C)c1.C[Si](C)(C)[N-][Si](C)(C)C.[HH].[HH].[Sn+2]. The van der Waals surface area contributed by atoms with Gasteiger partial charge in [-0.1, -0.05) is 109 Å². The third-order valence-electron chi connectivity index (χ3n) is 6.12. The summed E-state index contributed by atoms with van der Waals surface area (Å²) in [6, 6.07) is 4.19. The molecule has 0 aliphatic carbocycles. The maximum atomic E-state index is 13.3. The van der Waals surface area contributed by atoms with Gasteiger partial charge in [0.1, 0.15) is 0 Å². The number of rotatable bonds is 4. The normalized spacial score (nSPS) is 17.9. The average molecular weight is 720 g/mol. The molecule has 10 heteroatoms. The molecule has 2 radical (unpaired) electrons. The summed E-state index contributed by atoms with van der Waals surface area (Å²) in [6.07, 6.45) is 0. The van der Waals surface area contributed by atoms with Crippen LogP contribution in [0.4, 0.5) is 0 Å². The van der Waals surface area contributed by atoms with E-state index in [9.17, 15) is 5.11 Å². The van der Waals surface area contributed by atoms with E-state index in [0.717, 1.165) is 24.2 Å². The molecule has 0 saturated carbocycles. The standard InChI is InChI=1S/C25H43NO5.C6H18NSi2.Sn.2H2/c1-24(2,3)21-17-20(23(27)22(18-21)25(4,5)6)19-26-7-9-28-11-13-30-15-16-31-14-12-29-10-8-26;1-8(2,3)7-9(4,5)6;;;/h17-18,27H,7-16,19H2,1-6H3;1-6H3;;2*1H/q;-1;+2;;/p-1. The Morgan fingerprint density at radius 2 is 1.10 bits per heavy atom. The molecule has 7 nitrogen and oxygen atoms in total. The van der Waals surface area contributed by atoms with E-state index in [-0.39, 0.29) is 43.3 Å². The quantitative estimate of drug-likeness (QED) is 0.337. The fourth-order valence-electron chi connectivity index (χ4n) is 4.46. The molecule has 0 spiro atoms. The van der Waals surface area contributed by atoms with Crippen molar-refractivity contribution in [3.8, 4) is 5.75 Å². The molecule has 1 aliphatic rings. The Bertz CT molecular complexity index is 846. The molecular weight excluding hydrogens is 655 g/mol. The van der Waals surface area contributed by atoms with Gasteiger partial charge >= 0.3 is 23.9 Å². The van der Waals surface area contributed by atoms with Crippen LogP contribution in [-0.2, 0) is 36.3 Å². The van der Waals surface area contributed by atoms with Crippen LogP contribution in [0.25, 0.3) is 4.65 Å². The Morgan fingerprint density at radius 1 is 0.707 bits per heavy atom. The molecule has 1 aromatic rings. The molecule has 1 heterocycles. The maximum Gasteiger partial charge on any atom is 2.00 e. The topological polar surface area (TPSA) is 77.3 Å². The zero-order valence-electron chi connectivity index (χ0n) is 28.4. The van der Waals surface area contributed by atoms with E-state index >= 15 is 0 Å². The first kappa shape index (κ1) is 41.0. The molecule has 41 heavy (non-hydrogen) atoms. The van der Waals surface area contributed by atoms with E-state index in [4.69, 9.17) is 23.6 Å². The first-order valence-corrected chi connectivity index (χ1v) is 21.8. The van der Waals surface area contributed by atoms with Crippen LogP contribution in [0.5, 0.6) is 5.75 Å². The predicted molar refractivity (Wildman–Crippen MR) is 182 cm³/mol. The molecule has 1 fully saturated rings. The van der Waals surface area contributed by atoms with Crippen molar-refractivity contribution in [1.82, 2.24) is 4.90 Å². The van der Waals surface area contributed by atoms with Crippen LogP contribution in [-0.4, -0.2) is 111 Å². The van der Waals surface area contributed by atoms with Crippen LogP contribution in [0.1, 0.15) is 61.1 Å². The largest absolute Gasteiger partial charge is 2.00 e. The molecule has 0 aromatic heterocycles. The first-order chi connectivity index (χ1) is 18.3. The summed E-state index contributed by atoms with van der Waals surface area (Å²) in [5.41, 5.74) is 2.71. The number of ether oxygens (including phenoxy) is 4. The Hall–Kier alpha value is 0.0125. The molecule has 0 bridgehead atoms. The van der Waals surface area contributed by atoms with Gasteiger partial charge in [-0.2, -0.15) is 0 Å². The Balaban J connectivity index is -0.00000116. The summed E-state index contributed by atoms with van der Waals surface area (Å²) in [5, 5.41) is 13.3. The molecular formula is C31H64N2O5Si2Sn. The summed E-state index contributed by atoms with van der Waals surface area (Å²) in [4.78, 5) is 2.25. The predicted octanol–water partition coefficient (Wildman–Crippen LogP) is 6.38. The molecule has 1 saturated heterocycles. The summed E-state index contributed by atoms with van der Waals surface area (Å²) in [5.74, 6) is 0.153. The van der Waals surface area contributed by atoms with Crippen LogP contribution in [0, 0.1) is 0 Å². The molecule has 0 amide bonds. The second kappa shape index (κ2) is 18.7. The van der Waals surface area contributed by atoms with Gasteiger partial charge in [0.2, 0.25) is 0 Å². The van der Waals surface area contributed by atoms with Crippen LogP contribution >= 0.6 is 0 Å². The molecule has 0 N–H and O–H groups in total. The van der Waals surface area contributed by atoms with E-state index in [2.05, 4.69) is 97.9 Å². The zero-order chi connectivity index (χ0) is 30.6. The molecule has 1 aliphatic heterocycles. The Labute approximate surface area is 274 Å². The van der Waals surface area contributed by atoms with Gasteiger partial charge in [0, 0.05) is 22.5 Å². The Morgan fingerprint density at radius 3 is 1.41 bits per heavy atom. The maximum absolute atomic E-state index is 13.3. The summed E-state index contributed by atoms with van der Waals surface area (Å²) in [7, 11) is -2.21. The summed E-state index contributed by atoms with van der Waals surface area (Å²) in [6.45, 7) is 33.3. The average Bonchev–Trinajstić information content (AvgIpc) is 2.77. The van der Waals surface area contributed by atoms with Crippen molar-refractivity contribution in [3.63, 3.8) is 0 Å². The van der Waals surface area contributed by atoms with Gasteiger partial charge in [-0.3, -0.25) is 4.90 Å². The van der Waals surface area contributed by atoms with Gasteiger partial charge in [0.15, 0.2) is 0 Å². The van der Waals surface area contributed by atoms with Crippen molar-refractivity contribution in [2.75, 3.05) is 65.9 Å². The van der Waals surface area contributed by atoms with E-state index in [1.54, 1.807) is 0 Å². The van der Waals surface area contributed by atoms with Crippen LogP contribution < -0.4 is 5.11 Å². The smallest absolute Gasteiger partial charge is 0.872 e. The summed E-state index contributed by atoms with van der Waals surface area (Å²) < 4.78 is 27.3. The van der Waals surface area contributed by atoms with Gasteiger partial charge < -0.3 is 28.7 Å². The van der Waals surface area contributed by atoms with Crippen molar-refractivity contribution >= 4 is 40.4 Å². The van der Waals surface area contributed by atoms with Gasteiger partial charge in [0.05, 0.1) is 52.9 Å². The fourth-order valence-corrected chi connectivity index (χ4v) is 12.5. The van der Waals surface area contributed by atoms with E-state index < -0.39 is 16.5 Å². The van der Waals surface area contributed by atoms with Gasteiger partial charge in [-0.15, -0.1) is 5.75 Å². The van der Waals surface area contributed by atoms with Crippen molar-refractivity contribution in [2.24, 2.45) is 0 Å². The van der Waals surface area contributed by atoms with Gasteiger partial charge in [0.25, 0.3) is 0 Å². The van der Waals surface area contributed by atoms with E-state index in [1.165, 1.54) is 5.56 Å². The second-order valence-electron chi connectivity index (χ2n) is 14.7. The molecule has 0 unspecified atom stereocenters. The number of hydrogen-bond acceptors (Lipinski definition) is 6. The first-order valence-electron chi connectivity index (χ1n) is 14.9. The summed E-state index contributed by atoms with van der Waals surface area (Å²) >= 11 is 0. The zero-order valence-corrected chi connectivity index (χ0v) is 33.2. The minimum Gasteiger partial charge on any atom is -0.872 e. The third-order valence-corrected chi connectivity index (χ3v) is 11.5. The van der Waals surface area contributed by atoms with Crippen molar-refractivity contribution in [3.05, 3.63) is 33.5 Å². The monoisotopic (exact) mass is 720 g/mol. The van der Waals surface area contributed by atoms with E-state index in [0.29, 0.717) is 59.4 Å². The number of nitrogens with zero attached hydrogens (tertiary/aromatic N) is 2. The van der Waals surface area contributed by atoms with Crippen molar-refractivity contribution in [1.29, 1.82) is 0 Å². The molecule has 1 aromatic carbocycles. The van der Waals surface area contributed by atoms with Crippen molar-refractivity contribution in [2.45, 2.75) is 98.2 Å². The Kier molecular flexibility index (Phi) is 18.7. The molecule has 0 atom stereocenters. The fraction of sp³-hybridized carbons (Fsp3) is 0.806.